The predicted molar refractivity (Wildman–Crippen MR) is 107 cm³/mol. The van der Waals surface area contributed by atoms with E-state index in [9.17, 15) is 0 Å². The molecule has 1 spiro atoms. The highest BCUT2D eigenvalue weighted by Crippen LogP contribution is 2.51. The minimum Gasteiger partial charge on any atom is -0.491 e. The van der Waals surface area contributed by atoms with E-state index in [0.29, 0.717) is 11.3 Å². The lowest BCUT2D eigenvalue weighted by Gasteiger charge is -2.37. The fraction of sp³-hybridized carbons (Fsp3) is 0.636. The van der Waals surface area contributed by atoms with E-state index in [4.69, 9.17) is 4.74 Å². The Balaban J connectivity index is 1.50. The number of aryl methyl sites for hydroxylation is 1. The van der Waals surface area contributed by atoms with E-state index in [1.54, 1.807) is 0 Å². The first-order valence-corrected chi connectivity index (χ1v) is 10.4. The molecule has 1 aromatic carbocycles. The van der Waals surface area contributed by atoms with Gasteiger partial charge in [0.15, 0.2) is 0 Å². The summed E-state index contributed by atoms with van der Waals surface area (Å²) in [4.78, 5) is 2.63. The van der Waals surface area contributed by atoms with Crippen molar-refractivity contribution in [1.29, 1.82) is 0 Å². The number of aromatic nitrogens is 3. The third-order valence-electron chi connectivity index (χ3n) is 6.33. The summed E-state index contributed by atoms with van der Waals surface area (Å²) < 4.78 is 7.90. The molecule has 1 saturated carbocycles. The molecule has 27 heavy (non-hydrogen) atoms. The summed E-state index contributed by atoms with van der Waals surface area (Å²) in [5, 5.41) is 8.66. The fourth-order valence-corrected chi connectivity index (χ4v) is 5.12. The van der Waals surface area contributed by atoms with Gasteiger partial charge in [-0.3, -0.25) is 4.90 Å². The SMILES string of the molecule is CC(C)Oc1ccc(CN2CC(c3nncn3C)C3(CCCCC3)C2)cc1. The van der Waals surface area contributed by atoms with Crippen molar-refractivity contribution < 1.29 is 4.74 Å². The topological polar surface area (TPSA) is 43.2 Å². The van der Waals surface area contributed by atoms with Crippen LogP contribution in [0, 0.1) is 5.41 Å². The molecule has 5 nitrogen and oxygen atoms in total. The molecule has 0 bridgehead atoms. The zero-order valence-corrected chi connectivity index (χ0v) is 16.9. The second kappa shape index (κ2) is 7.63. The van der Waals surface area contributed by atoms with Crippen molar-refractivity contribution >= 4 is 0 Å². The molecular formula is C22H32N4O. The van der Waals surface area contributed by atoms with Crippen LogP contribution in [-0.2, 0) is 13.6 Å². The van der Waals surface area contributed by atoms with Crippen molar-refractivity contribution in [2.45, 2.75) is 64.5 Å². The second-order valence-corrected chi connectivity index (χ2v) is 8.76. The summed E-state index contributed by atoms with van der Waals surface area (Å²) in [7, 11) is 2.09. The maximum Gasteiger partial charge on any atom is 0.137 e. The zero-order valence-electron chi connectivity index (χ0n) is 16.9. The van der Waals surface area contributed by atoms with Crippen LogP contribution in [0.2, 0.25) is 0 Å². The summed E-state index contributed by atoms with van der Waals surface area (Å²) >= 11 is 0. The molecule has 146 valence electrons. The minimum atomic E-state index is 0.216. The van der Waals surface area contributed by atoms with Crippen LogP contribution < -0.4 is 4.74 Å². The molecule has 2 aliphatic rings. The molecular weight excluding hydrogens is 336 g/mol. The average molecular weight is 369 g/mol. The summed E-state index contributed by atoms with van der Waals surface area (Å²) in [5.41, 5.74) is 1.73. The first-order chi connectivity index (χ1) is 13.1. The molecule has 2 fully saturated rings. The molecule has 1 aliphatic heterocycles. The fourth-order valence-electron chi connectivity index (χ4n) is 5.12. The third-order valence-corrected chi connectivity index (χ3v) is 6.33. The Morgan fingerprint density at radius 1 is 1.15 bits per heavy atom. The molecule has 0 N–H and O–H groups in total. The van der Waals surface area contributed by atoms with Crippen LogP contribution in [0.25, 0.3) is 0 Å². The highest BCUT2D eigenvalue weighted by Gasteiger charge is 2.48. The highest BCUT2D eigenvalue weighted by molar-refractivity contribution is 5.27. The van der Waals surface area contributed by atoms with Crippen LogP contribution in [-0.4, -0.2) is 38.9 Å². The molecule has 1 atom stereocenters. The monoisotopic (exact) mass is 368 g/mol. The van der Waals surface area contributed by atoms with Crippen LogP contribution in [0.15, 0.2) is 30.6 Å². The molecule has 1 saturated heterocycles. The van der Waals surface area contributed by atoms with Gasteiger partial charge in [0.05, 0.1) is 6.10 Å². The zero-order chi connectivity index (χ0) is 18.9. The molecule has 2 aromatic rings. The summed E-state index contributed by atoms with van der Waals surface area (Å²) in [6, 6.07) is 8.62. The standard InChI is InChI=1S/C22H32N4O/c1-17(2)27-19-9-7-18(8-10-19)13-26-14-20(21-24-23-16-25(21)3)22(15-26)11-5-4-6-12-22/h7-10,16-17,20H,4-6,11-15H2,1-3H3. The van der Waals surface area contributed by atoms with Crippen molar-refractivity contribution in [2.24, 2.45) is 12.5 Å². The summed E-state index contributed by atoms with van der Waals surface area (Å²) in [5.74, 6) is 2.62. The Kier molecular flexibility index (Phi) is 5.22. The number of hydrogen-bond acceptors (Lipinski definition) is 4. The van der Waals surface area contributed by atoms with E-state index in [2.05, 4.69) is 64.8 Å². The number of hydrogen-bond donors (Lipinski definition) is 0. The van der Waals surface area contributed by atoms with Gasteiger partial charge in [0.2, 0.25) is 0 Å². The normalized spacial score (nSPS) is 22.6. The number of nitrogens with zero attached hydrogens (tertiary/aromatic N) is 4. The Morgan fingerprint density at radius 2 is 1.89 bits per heavy atom. The minimum absolute atomic E-state index is 0.216. The van der Waals surface area contributed by atoms with Gasteiger partial charge in [-0.25, -0.2) is 0 Å². The molecule has 4 rings (SSSR count). The molecule has 5 heteroatoms. The lowest BCUT2D eigenvalue weighted by Crippen LogP contribution is -2.33. The first kappa shape index (κ1) is 18.5. The van der Waals surface area contributed by atoms with Crippen LogP contribution in [0.1, 0.15) is 63.3 Å². The van der Waals surface area contributed by atoms with Crippen molar-refractivity contribution in [3.63, 3.8) is 0 Å². The van der Waals surface area contributed by atoms with E-state index in [1.807, 2.05) is 6.33 Å². The predicted octanol–water partition coefficient (Wildman–Crippen LogP) is 4.15. The van der Waals surface area contributed by atoms with Crippen LogP contribution in [0.4, 0.5) is 0 Å². The number of rotatable bonds is 5. The van der Waals surface area contributed by atoms with Gasteiger partial charge in [-0.05, 0) is 49.8 Å². The molecule has 0 amide bonds. The van der Waals surface area contributed by atoms with Gasteiger partial charge in [0, 0.05) is 32.6 Å². The lowest BCUT2D eigenvalue weighted by atomic mass is 9.67. The number of ether oxygens (including phenoxy) is 1. The molecule has 1 unspecified atom stereocenters. The maximum atomic E-state index is 5.78. The van der Waals surface area contributed by atoms with Gasteiger partial charge in [0.1, 0.15) is 17.9 Å². The first-order valence-electron chi connectivity index (χ1n) is 10.4. The summed E-state index contributed by atoms with van der Waals surface area (Å²) in [6.45, 7) is 7.38. The number of benzene rings is 1. The van der Waals surface area contributed by atoms with Gasteiger partial charge in [0.25, 0.3) is 0 Å². The Bertz CT molecular complexity index is 746. The van der Waals surface area contributed by atoms with Crippen molar-refractivity contribution in [3.05, 3.63) is 42.0 Å². The van der Waals surface area contributed by atoms with E-state index in [1.165, 1.54) is 50.0 Å². The van der Waals surface area contributed by atoms with E-state index in [0.717, 1.165) is 18.8 Å². The molecule has 1 aromatic heterocycles. The van der Waals surface area contributed by atoms with Crippen molar-refractivity contribution in [2.75, 3.05) is 13.1 Å². The smallest absolute Gasteiger partial charge is 0.137 e. The Hall–Kier alpha value is -1.88. The van der Waals surface area contributed by atoms with Gasteiger partial charge in [-0.15, -0.1) is 10.2 Å². The van der Waals surface area contributed by atoms with Crippen molar-refractivity contribution in [1.82, 2.24) is 19.7 Å². The third kappa shape index (κ3) is 3.88. The van der Waals surface area contributed by atoms with Crippen molar-refractivity contribution in [3.8, 4) is 5.75 Å². The van der Waals surface area contributed by atoms with Gasteiger partial charge in [-0.2, -0.15) is 0 Å². The van der Waals surface area contributed by atoms with Crippen LogP contribution >= 0.6 is 0 Å². The maximum absolute atomic E-state index is 5.78. The second-order valence-electron chi connectivity index (χ2n) is 8.76. The Labute approximate surface area is 162 Å². The van der Waals surface area contributed by atoms with Gasteiger partial charge < -0.3 is 9.30 Å². The quantitative estimate of drug-likeness (QED) is 0.795. The molecule has 2 heterocycles. The lowest BCUT2D eigenvalue weighted by molar-refractivity contribution is 0.164. The van der Waals surface area contributed by atoms with E-state index in [-0.39, 0.29) is 6.10 Å². The van der Waals surface area contributed by atoms with Gasteiger partial charge in [-0.1, -0.05) is 31.4 Å². The largest absolute Gasteiger partial charge is 0.491 e. The van der Waals surface area contributed by atoms with Gasteiger partial charge >= 0.3 is 0 Å². The van der Waals surface area contributed by atoms with E-state index < -0.39 is 0 Å². The molecule has 1 aliphatic carbocycles. The number of likely N-dealkylation sites (tertiary alicyclic amines) is 1. The average Bonchev–Trinajstić information content (AvgIpc) is 3.20. The van der Waals surface area contributed by atoms with Crippen LogP contribution in [0.5, 0.6) is 5.75 Å². The highest BCUT2D eigenvalue weighted by atomic mass is 16.5. The molecule has 0 radical (unpaired) electrons. The van der Waals surface area contributed by atoms with Crippen LogP contribution in [0.3, 0.4) is 0 Å². The Morgan fingerprint density at radius 3 is 2.52 bits per heavy atom. The van der Waals surface area contributed by atoms with E-state index >= 15 is 0 Å². The summed E-state index contributed by atoms with van der Waals surface area (Å²) in [6.07, 6.45) is 8.79.